The molecule has 17 heavy (non-hydrogen) atoms. The zero-order valence-corrected chi connectivity index (χ0v) is 10.3. The molecule has 3 rings (SSSR count). The molecule has 0 fully saturated rings. The normalized spacial score (nSPS) is 12.4. The van der Waals surface area contributed by atoms with Crippen LogP contribution in [0.5, 0.6) is 0 Å². The lowest BCUT2D eigenvalue weighted by Crippen LogP contribution is -2.15. The van der Waals surface area contributed by atoms with Crippen LogP contribution in [-0.2, 0) is 0 Å². The molecule has 0 aliphatic heterocycles. The molecule has 2 aromatic carbocycles. The van der Waals surface area contributed by atoms with Gasteiger partial charge in [0, 0.05) is 14.6 Å². The van der Waals surface area contributed by atoms with Crippen molar-refractivity contribution in [2.45, 2.75) is 0 Å². The summed E-state index contributed by atoms with van der Waals surface area (Å²) in [5.41, 5.74) is 0. The molecule has 0 spiro atoms. The van der Waals surface area contributed by atoms with E-state index in [9.17, 15) is 0 Å². The summed E-state index contributed by atoms with van der Waals surface area (Å²) in [5.74, 6) is 0. The highest BCUT2D eigenvalue weighted by atomic mass is 32.1. The average molecular weight is 236 g/mol. The molecule has 0 saturated heterocycles. The Kier molecular flexibility index (Phi) is 2.34. The van der Waals surface area contributed by atoms with Gasteiger partial charge in [-0.2, -0.15) is 0 Å². The van der Waals surface area contributed by atoms with Gasteiger partial charge in [0.1, 0.15) is 0 Å². The molecule has 1 heteroatoms. The van der Waals surface area contributed by atoms with Crippen LogP contribution in [0.3, 0.4) is 0 Å². The van der Waals surface area contributed by atoms with Gasteiger partial charge in [0.05, 0.1) is 0 Å². The van der Waals surface area contributed by atoms with Crippen LogP contribution in [-0.4, -0.2) is 0 Å². The van der Waals surface area contributed by atoms with Crippen LogP contribution in [0.4, 0.5) is 0 Å². The fourth-order valence-corrected chi connectivity index (χ4v) is 3.21. The van der Waals surface area contributed by atoms with Crippen molar-refractivity contribution in [3.63, 3.8) is 0 Å². The van der Waals surface area contributed by atoms with Gasteiger partial charge in [-0.1, -0.05) is 43.5 Å². The highest BCUT2D eigenvalue weighted by Gasteiger charge is 2.01. The van der Waals surface area contributed by atoms with Crippen molar-refractivity contribution in [2.75, 3.05) is 0 Å². The SMILES string of the molecule is C=C/C=c1/sc2cc3ccccc3cc2c1=C. The largest absolute Gasteiger partial charge is 0.135 e. The molecule has 3 aromatic rings. The maximum atomic E-state index is 4.17. The van der Waals surface area contributed by atoms with Crippen molar-refractivity contribution < 1.29 is 0 Å². The van der Waals surface area contributed by atoms with Crippen LogP contribution in [0.25, 0.3) is 33.5 Å². The Morgan fingerprint density at radius 3 is 2.47 bits per heavy atom. The quantitative estimate of drug-likeness (QED) is 0.607. The predicted molar refractivity (Wildman–Crippen MR) is 78.8 cm³/mol. The van der Waals surface area contributed by atoms with Gasteiger partial charge in [-0.25, -0.2) is 0 Å². The van der Waals surface area contributed by atoms with Crippen LogP contribution >= 0.6 is 11.3 Å². The zero-order valence-electron chi connectivity index (χ0n) is 9.44. The minimum Gasteiger partial charge on any atom is -0.135 e. The summed E-state index contributed by atoms with van der Waals surface area (Å²) in [5, 5.41) is 4.91. The monoisotopic (exact) mass is 236 g/mol. The van der Waals surface area contributed by atoms with Crippen molar-refractivity contribution in [1.82, 2.24) is 0 Å². The first-order chi connectivity index (χ1) is 8.29. The summed E-state index contributed by atoms with van der Waals surface area (Å²) in [6.07, 6.45) is 3.84. The number of fused-ring (bicyclic) bond motifs is 2. The van der Waals surface area contributed by atoms with Gasteiger partial charge >= 0.3 is 0 Å². The minimum atomic E-state index is 1.11. The molecule has 1 aromatic heterocycles. The molecule has 1 heterocycles. The number of hydrogen-bond donors (Lipinski definition) is 0. The second kappa shape index (κ2) is 3.86. The number of benzene rings is 2. The third-order valence-electron chi connectivity index (χ3n) is 2.96. The topological polar surface area (TPSA) is 0 Å². The average Bonchev–Trinajstić information content (AvgIpc) is 2.64. The van der Waals surface area contributed by atoms with E-state index in [1.165, 1.54) is 25.4 Å². The van der Waals surface area contributed by atoms with E-state index in [1.807, 2.05) is 12.2 Å². The maximum Gasteiger partial charge on any atom is 0.0361 e. The van der Waals surface area contributed by atoms with Crippen molar-refractivity contribution >= 4 is 44.9 Å². The third-order valence-corrected chi connectivity index (χ3v) is 4.12. The minimum absolute atomic E-state index is 1.11. The fraction of sp³-hybridized carbons (Fsp3) is 0. The van der Waals surface area contributed by atoms with Crippen molar-refractivity contribution in [3.8, 4) is 0 Å². The van der Waals surface area contributed by atoms with Gasteiger partial charge in [-0.15, -0.1) is 11.3 Å². The van der Waals surface area contributed by atoms with E-state index >= 15 is 0 Å². The van der Waals surface area contributed by atoms with Gasteiger partial charge in [0.2, 0.25) is 0 Å². The summed E-state index contributed by atoms with van der Waals surface area (Å²) in [4.78, 5) is 0. The summed E-state index contributed by atoms with van der Waals surface area (Å²) in [7, 11) is 0. The van der Waals surface area contributed by atoms with Crippen LogP contribution in [0.15, 0.2) is 49.1 Å². The maximum absolute atomic E-state index is 4.17. The second-order valence-corrected chi connectivity index (χ2v) is 5.13. The molecule has 0 N–H and O–H groups in total. The van der Waals surface area contributed by atoms with Crippen LogP contribution < -0.4 is 9.75 Å². The molecule has 0 radical (unpaired) electrons. The van der Waals surface area contributed by atoms with Gasteiger partial charge in [-0.05, 0) is 34.2 Å². The molecule has 82 valence electrons. The fourth-order valence-electron chi connectivity index (χ4n) is 2.09. The molecule has 0 unspecified atom stereocenters. The first kappa shape index (κ1) is 10.3. The van der Waals surface area contributed by atoms with Gasteiger partial charge in [0.25, 0.3) is 0 Å². The summed E-state index contributed by atoms with van der Waals surface area (Å²) < 4.78 is 2.49. The molecule has 0 amide bonds. The number of hydrogen-bond acceptors (Lipinski definition) is 1. The Hall–Kier alpha value is -1.86. The Labute approximate surface area is 104 Å². The predicted octanol–water partition coefficient (Wildman–Crippen LogP) is 3.43. The van der Waals surface area contributed by atoms with E-state index in [1.54, 1.807) is 11.3 Å². The second-order valence-electron chi connectivity index (χ2n) is 4.04. The number of rotatable bonds is 1. The zero-order chi connectivity index (χ0) is 11.8. The number of allylic oxidation sites excluding steroid dienone is 1. The van der Waals surface area contributed by atoms with Gasteiger partial charge < -0.3 is 0 Å². The molecule has 0 aliphatic rings. The van der Waals surface area contributed by atoms with Crippen molar-refractivity contribution in [3.05, 3.63) is 58.8 Å². The Morgan fingerprint density at radius 2 is 1.76 bits per heavy atom. The Balaban J connectivity index is 2.53. The Morgan fingerprint density at radius 1 is 1.06 bits per heavy atom. The third kappa shape index (κ3) is 1.60. The van der Waals surface area contributed by atoms with E-state index in [4.69, 9.17) is 0 Å². The van der Waals surface area contributed by atoms with Crippen LogP contribution in [0.2, 0.25) is 0 Å². The summed E-state index contributed by atoms with van der Waals surface area (Å²) in [6, 6.07) is 12.9. The molecule has 0 saturated carbocycles. The molecular formula is C16H12S. The molecular weight excluding hydrogens is 224 g/mol. The van der Waals surface area contributed by atoms with Crippen molar-refractivity contribution in [1.29, 1.82) is 0 Å². The molecule has 0 bridgehead atoms. The summed E-state index contributed by atoms with van der Waals surface area (Å²) in [6.45, 7) is 7.91. The smallest absolute Gasteiger partial charge is 0.0361 e. The highest BCUT2D eigenvalue weighted by molar-refractivity contribution is 7.17. The van der Waals surface area contributed by atoms with E-state index in [0.717, 1.165) is 5.22 Å². The lowest BCUT2D eigenvalue weighted by molar-refractivity contribution is 1.78. The first-order valence-corrected chi connectivity index (χ1v) is 6.34. The van der Waals surface area contributed by atoms with E-state index in [0.29, 0.717) is 0 Å². The standard InChI is InChI=1S/C16H12S/c1-3-6-15-11(2)14-9-12-7-4-5-8-13(12)10-16(14)17-15/h3-10H,1-2H2/b15-6+. The van der Waals surface area contributed by atoms with E-state index in [2.05, 4.69) is 49.6 Å². The van der Waals surface area contributed by atoms with E-state index < -0.39 is 0 Å². The van der Waals surface area contributed by atoms with Crippen molar-refractivity contribution in [2.24, 2.45) is 0 Å². The molecule has 0 atom stereocenters. The van der Waals surface area contributed by atoms with Crippen LogP contribution in [0, 0.1) is 0 Å². The van der Waals surface area contributed by atoms with E-state index in [-0.39, 0.29) is 0 Å². The lowest BCUT2D eigenvalue weighted by Gasteiger charge is -1.96. The van der Waals surface area contributed by atoms with Gasteiger partial charge in [0.15, 0.2) is 0 Å². The molecule has 0 aliphatic carbocycles. The van der Waals surface area contributed by atoms with Crippen LogP contribution in [0.1, 0.15) is 0 Å². The van der Waals surface area contributed by atoms with Gasteiger partial charge in [-0.3, -0.25) is 0 Å². The Bertz CT molecular complexity index is 822. The molecule has 0 nitrogen and oxygen atoms in total. The lowest BCUT2D eigenvalue weighted by atomic mass is 10.1. The first-order valence-electron chi connectivity index (χ1n) is 5.52. The highest BCUT2D eigenvalue weighted by Crippen LogP contribution is 2.22. The summed E-state index contributed by atoms with van der Waals surface area (Å²) >= 11 is 1.77. The number of thiophene rings is 1.